The number of rotatable bonds is 9. The van der Waals surface area contributed by atoms with Crippen LogP contribution in [0.15, 0.2) is 42.5 Å². The highest BCUT2D eigenvalue weighted by atomic mass is 35.5. The lowest BCUT2D eigenvalue weighted by Crippen LogP contribution is -2.12. The van der Waals surface area contributed by atoms with Crippen LogP contribution >= 0.6 is 11.6 Å². The Bertz CT molecular complexity index is 939. The lowest BCUT2D eigenvalue weighted by Gasteiger charge is -2.15. The molecule has 6 heteroatoms. The predicted molar refractivity (Wildman–Crippen MR) is 105 cm³/mol. The molecule has 4 rings (SSSR count). The van der Waals surface area contributed by atoms with Gasteiger partial charge in [0.25, 0.3) is 0 Å². The van der Waals surface area contributed by atoms with Crippen LogP contribution in [0.4, 0.5) is 0 Å². The average Bonchev–Trinajstić information content (AvgIpc) is 3.51. The zero-order chi connectivity index (χ0) is 18.6. The van der Waals surface area contributed by atoms with Gasteiger partial charge in [0.1, 0.15) is 24.2 Å². The molecule has 0 amide bonds. The number of phenolic OH excluding ortho intramolecular Hbond substituents is 1. The van der Waals surface area contributed by atoms with Crippen molar-refractivity contribution in [2.24, 2.45) is 0 Å². The van der Waals surface area contributed by atoms with Gasteiger partial charge in [0.15, 0.2) is 0 Å². The molecule has 0 aliphatic carbocycles. The molecule has 1 atom stereocenters. The van der Waals surface area contributed by atoms with Gasteiger partial charge in [0.05, 0.1) is 33.0 Å². The van der Waals surface area contributed by atoms with Crippen LogP contribution < -0.4 is 4.74 Å². The number of halogens is 1. The van der Waals surface area contributed by atoms with E-state index in [1.54, 1.807) is 12.1 Å². The molecule has 1 N–H and O–H groups in total. The summed E-state index contributed by atoms with van der Waals surface area (Å²) in [6.45, 7) is 3.35. The fraction of sp³-hybridized carbons (Fsp3) is 0.333. The molecular weight excluding hydrogens is 368 g/mol. The lowest BCUT2D eigenvalue weighted by molar-refractivity contribution is 0.0320. The van der Waals surface area contributed by atoms with Crippen LogP contribution in [0, 0.1) is 0 Å². The minimum Gasteiger partial charge on any atom is -0.507 e. The summed E-state index contributed by atoms with van der Waals surface area (Å²) in [7, 11) is 0. The first-order valence-electron chi connectivity index (χ1n) is 8.97. The minimum atomic E-state index is 0.212. The fourth-order valence-electron chi connectivity index (χ4n) is 3.05. The average molecular weight is 389 g/mol. The summed E-state index contributed by atoms with van der Waals surface area (Å²) < 4.78 is 22.1. The highest BCUT2D eigenvalue weighted by molar-refractivity contribution is 6.31. The number of phenols is 1. The van der Waals surface area contributed by atoms with Crippen LogP contribution in [-0.4, -0.2) is 50.9 Å². The summed E-state index contributed by atoms with van der Waals surface area (Å²) >= 11 is 6.11. The van der Waals surface area contributed by atoms with Crippen molar-refractivity contribution < 1.29 is 24.1 Å². The summed E-state index contributed by atoms with van der Waals surface area (Å²) in [5.74, 6) is 0.935. The van der Waals surface area contributed by atoms with Gasteiger partial charge in [-0.15, -0.1) is 0 Å². The van der Waals surface area contributed by atoms with Crippen LogP contribution in [0.1, 0.15) is 0 Å². The molecule has 3 aromatic rings. The number of hydrogen-bond acceptors (Lipinski definition) is 5. The molecule has 5 nitrogen and oxygen atoms in total. The molecule has 1 saturated heterocycles. The zero-order valence-electron chi connectivity index (χ0n) is 14.8. The number of epoxide rings is 1. The first kappa shape index (κ1) is 18.3. The first-order chi connectivity index (χ1) is 13.2. The van der Waals surface area contributed by atoms with Gasteiger partial charge in [0, 0.05) is 26.6 Å². The summed E-state index contributed by atoms with van der Waals surface area (Å²) in [6, 6.07) is 13.0. The Morgan fingerprint density at radius 3 is 2.44 bits per heavy atom. The van der Waals surface area contributed by atoms with E-state index in [-0.39, 0.29) is 11.9 Å². The van der Waals surface area contributed by atoms with E-state index in [1.165, 1.54) is 0 Å². The minimum absolute atomic E-state index is 0.212. The van der Waals surface area contributed by atoms with E-state index in [2.05, 4.69) is 0 Å². The van der Waals surface area contributed by atoms with Gasteiger partial charge >= 0.3 is 0 Å². The van der Waals surface area contributed by atoms with Crippen LogP contribution in [0.2, 0.25) is 5.02 Å². The van der Waals surface area contributed by atoms with Gasteiger partial charge in [-0.1, -0.05) is 35.9 Å². The molecular formula is C21H21ClO5. The normalized spacial score (nSPS) is 16.1. The van der Waals surface area contributed by atoms with Gasteiger partial charge in [-0.3, -0.25) is 0 Å². The fourth-order valence-corrected chi connectivity index (χ4v) is 3.22. The zero-order valence-corrected chi connectivity index (χ0v) is 15.6. The van der Waals surface area contributed by atoms with Crippen molar-refractivity contribution in [1.82, 2.24) is 0 Å². The molecule has 27 heavy (non-hydrogen) atoms. The molecule has 0 bridgehead atoms. The lowest BCUT2D eigenvalue weighted by atomic mass is 10.0. The predicted octanol–water partition coefficient (Wildman–Crippen LogP) is 4.16. The molecule has 142 valence electrons. The number of benzene rings is 3. The smallest absolute Gasteiger partial charge is 0.135 e. The molecule has 1 unspecified atom stereocenters. The third kappa shape index (κ3) is 4.28. The van der Waals surface area contributed by atoms with E-state index >= 15 is 0 Å². The second-order valence-corrected chi connectivity index (χ2v) is 6.84. The van der Waals surface area contributed by atoms with E-state index < -0.39 is 0 Å². The summed E-state index contributed by atoms with van der Waals surface area (Å²) in [4.78, 5) is 0. The van der Waals surface area contributed by atoms with E-state index in [0.29, 0.717) is 43.4 Å². The van der Waals surface area contributed by atoms with Crippen molar-refractivity contribution in [3.8, 4) is 11.5 Å². The van der Waals surface area contributed by atoms with Crippen molar-refractivity contribution in [1.29, 1.82) is 0 Å². The quantitative estimate of drug-likeness (QED) is 0.339. The van der Waals surface area contributed by atoms with Crippen molar-refractivity contribution in [2.45, 2.75) is 6.10 Å². The number of aromatic hydroxyl groups is 1. The number of hydrogen-bond donors (Lipinski definition) is 1. The summed E-state index contributed by atoms with van der Waals surface area (Å²) in [6.07, 6.45) is 0.276. The summed E-state index contributed by atoms with van der Waals surface area (Å²) in [5.41, 5.74) is 0. The maximum atomic E-state index is 10.6. The molecule has 0 aromatic heterocycles. The highest BCUT2D eigenvalue weighted by Gasteiger charge is 2.22. The van der Waals surface area contributed by atoms with Crippen molar-refractivity contribution in [2.75, 3.05) is 39.6 Å². The van der Waals surface area contributed by atoms with Crippen molar-refractivity contribution in [3.05, 3.63) is 47.5 Å². The van der Waals surface area contributed by atoms with Crippen LogP contribution in [0.3, 0.4) is 0 Å². The van der Waals surface area contributed by atoms with Crippen LogP contribution in [0.25, 0.3) is 21.5 Å². The molecule has 1 aliphatic heterocycles. The Morgan fingerprint density at radius 1 is 0.926 bits per heavy atom. The second-order valence-electron chi connectivity index (χ2n) is 6.40. The van der Waals surface area contributed by atoms with E-state index in [4.69, 9.17) is 30.5 Å². The van der Waals surface area contributed by atoms with Crippen LogP contribution in [0.5, 0.6) is 11.5 Å². The van der Waals surface area contributed by atoms with E-state index in [9.17, 15) is 5.11 Å². The standard InChI is InChI=1S/C21H21ClO5/c22-14-5-6-18-19(11-14)20(23)16-3-1-2-4-17(16)21(18)26-10-9-24-7-8-25-12-15-13-27-15/h1-6,11,15,23H,7-10,12-13H2. The molecule has 3 aromatic carbocycles. The SMILES string of the molecule is Oc1c2ccccc2c(OCCOCCOCC2CO2)c2ccc(Cl)cc12. The number of fused-ring (bicyclic) bond motifs is 2. The maximum absolute atomic E-state index is 10.6. The van der Waals surface area contributed by atoms with Crippen molar-refractivity contribution >= 4 is 33.1 Å². The van der Waals surface area contributed by atoms with Crippen LogP contribution in [-0.2, 0) is 14.2 Å². The van der Waals surface area contributed by atoms with Gasteiger partial charge in [-0.05, 0) is 18.2 Å². The van der Waals surface area contributed by atoms with Gasteiger partial charge in [-0.25, -0.2) is 0 Å². The Labute approximate surface area is 162 Å². The van der Waals surface area contributed by atoms with E-state index in [1.807, 2.05) is 30.3 Å². The molecule has 1 fully saturated rings. The Morgan fingerprint density at radius 2 is 1.63 bits per heavy atom. The largest absolute Gasteiger partial charge is 0.507 e. The molecule has 1 heterocycles. The Balaban J connectivity index is 1.44. The topological polar surface area (TPSA) is 60.5 Å². The molecule has 0 spiro atoms. The second kappa shape index (κ2) is 8.31. The van der Waals surface area contributed by atoms with Crippen molar-refractivity contribution in [3.63, 3.8) is 0 Å². The molecule has 0 radical (unpaired) electrons. The monoisotopic (exact) mass is 388 g/mol. The third-order valence-corrected chi connectivity index (χ3v) is 4.70. The molecule has 1 aliphatic rings. The first-order valence-corrected chi connectivity index (χ1v) is 9.34. The van der Waals surface area contributed by atoms with Gasteiger partial charge in [-0.2, -0.15) is 0 Å². The van der Waals surface area contributed by atoms with E-state index in [0.717, 1.165) is 28.5 Å². The Kier molecular flexibility index (Phi) is 5.64. The Hall–Kier alpha value is -2.05. The van der Waals surface area contributed by atoms with Gasteiger partial charge in [0.2, 0.25) is 0 Å². The molecule has 0 saturated carbocycles. The number of ether oxygens (including phenoxy) is 4. The maximum Gasteiger partial charge on any atom is 0.135 e. The van der Waals surface area contributed by atoms with Gasteiger partial charge < -0.3 is 24.1 Å². The summed E-state index contributed by atoms with van der Waals surface area (Å²) in [5, 5.41) is 14.3. The highest BCUT2D eigenvalue weighted by Crippen LogP contribution is 2.42. The third-order valence-electron chi connectivity index (χ3n) is 4.46.